The summed E-state index contributed by atoms with van der Waals surface area (Å²) in [5.74, 6) is -0.403. The first-order valence-electron chi connectivity index (χ1n) is 5.06. The second kappa shape index (κ2) is 4.82. The van der Waals surface area contributed by atoms with Crippen molar-refractivity contribution in [3.05, 3.63) is 36.8 Å². The SMILES string of the molecule is C=CC(=O)OC(CC)(CC)c1ccoc1. The summed E-state index contributed by atoms with van der Waals surface area (Å²) in [6.45, 7) is 7.35. The summed E-state index contributed by atoms with van der Waals surface area (Å²) in [6.07, 6.45) is 5.80. The van der Waals surface area contributed by atoms with Crippen molar-refractivity contribution in [1.82, 2.24) is 0 Å². The van der Waals surface area contributed by atoms with E-state index in [0.29, 0.717) is 12.8 Å². The van der Waals surface area contributed by atoms with Crippen molar-refractivity contribution in [2.75, 3.05) is 0 Å². The Hall–Kier alpha value is -1.51. The van der Waals surface area contributed by atoms with Gasteiger partial charge in [-0.05, 0) is 18.9 Å². The molecule has 0 aliphatic carbocycles. The summed E-state index contributed by atoms with van der Waals surface area (Å²) < 4.78 is 10.4. The van der Waals surface area contributed by atoms with Gasteiger partial charge >= 0.3 is 5.97 Å². The predicted molar refractivity (Wildman–Crippen MR) is 57.3 cm³/mol. The molecule has 0 aliphatic heterocycles. The molecule has 1 heterocycles. The van der Waals surface area contributed by atoms with Crippen LogP contribution in [0.3, 0.4) is 0 Å². The van der Waals surface area contributed by atoms with Gasteiger partial charge in [0.2, 0.25) is 0 Å². The molecule has 0 unspecified atom stereocenters. The van der Waals surface area contributed by atoms with Gasteiger partial charge in [-0.2, -0.15) is 0 Å². The second-order valence-electron chi connectivity index (χ2n) is 3.34. The van der Waals surface area contributed by atoms with Crippen LogP contribution in [0.25, 0.3) is 0 Å². The van der Waals surface area contributed by atoms with Crippen molar-refractivity contribution in [1.29, 1.82) is 0 Å². The van der Waals surface area contributed by atoms with Gasteiger partial charge in [-0.3, -0.25) is 0 Å². The molecule has 0 spiro atoms. The molecule has 0 amide bonds. The Morgan fingerprint density at radius 1 is 1.60 bits per heavy atom. The summed E-state index contributed by atoms with van der Waals surface area (Å²) in [6, 6.07) is 1.82. The molecule has 0 N–H and O–H groups in total. The third-order valence-electron chi connectivity index (χ3n) is 2.65. The first kappa shape index (κ1) is 11.6. The fourth-order valence-electron chi connectivity index (χ4n) is 1.62. The van der Waals surface area contributed by atoms with Crippen molar-refractivity contribution < 1.29 is 13.9 Å². The van der Waals surface area contributed by atoms with Gasteiger partial charge in [0.05, 0.1) is 12.5 Å². The Balaban J connectivity index is 2.97. The lowest BCUT2D eigenvalue weighted by molar-refractivity contribution is -0.155. The highest BCUT2D eigenvalue weighted by Crippen LogP contribution is 2.33. The Kier molecular flexibility index (Phi) is 3.72. The maximum Gasteiger partial charge on any atom is 0.331 e. The molecule has 3 nitrogen and oxygen atoms in total. The summed E-state index contributed by atoms with van der Waals surface area (Å²) in [4.78, 5) is 11.3. The minimum Gasteiger partial charge on any atom is -0.472 e. The lowest BCUT2D eigenvalue weighted by atomic mass is 9.90. The topological polar surface area (TPSA) is 39.4 Å². The third kappa shape index (κ3) is 2.29. The van der Waals surface area contributed by atoms with Crippen molar-refractivity contribution in [2.45, 2.75) is 32.3 Å². The largest absolute Gasteiger partial charge is 0.472 e. The number of rotatable bonds is 5. The Bertz CT molecular complexity index is 321. The molecular formula is C12H16O3. The molecule has 0 atom stereocenters. The second-order valence-corrected chi connectivity index (χ2v) is 3.34. The van der Waals surface area contributed by atoms with Gasteiger partial charge in [-0.25, -0.2) is 4.79 Å². The van der Waals surface area contributed by atoms with E-state index in [9.17, 15) is 4.79 Å². The van der Waals surface area contributed by atoms with Gasteiger partial charge in [-0.1, -0.05) is 20.4 Å². The van der Waals surface area contributed by atoms with Gasteiger partial charge in [0, 0.05) is 11.6 Å². The summed E-state index contributed by atoms with van der Waals surface area (Å²) in [5, 5.41) is 0. The molecule has 1 aromatic rings. The van der Waals surface area contributed by atoms with Crippen LogP contribution >= 0.6 is 0 Å². The standard InChI is InChI=1S/C12H16O3/c1-4-11(13)15-12(5-2,6-3)10-7-8-14-9-10/h4,7-9H,1,5-6H2,2-3H3. The lowest BCUT2D eigenvalue weighted by Crippen LogP contribution is -2.30. The zero-order valence-corrected chi connectivity index (χ0v) is 9.16. The molecule has 82 valence electrons. The van der Waals surface area contributed by atoms with Crippen molar-refractivity contribution in [2.24, 2.45) is 0 Å². The Morgan fingerprint density at radius 3 is 2.67 bits per heavy atom. The number of esters is 1. The monoisotopic (exact) mass is 208 g/mol. The maximum atomic E-state index is 11.3. The van der Waals surface area contributed by atoms with E-state index in [0.717, 1.165) is 5.56 Å². The minimum absolute atomic E-state index is 0.403. The molecule has 0 radical (unpaired) electrons. The smallest absolute Gasteiger partial charge is 0.331 e. The van der Waals surface area contributed by atoms with Gasteiger partial charge < -0.3 is 9.15 Å². The van der Waals surface area contributed by atoms with Crippen LogP contribution in [-0.4, -0.2) is 5.97 Å². The molecule has 1 aromatic heterocycles. The fraction of sp³-hybridized carbons (Fsp3) is 0.417. The highest BCUT2D eigenvalue weighted by atomic mass is 16.6. The van der Waals surface area contributed by atoms with E-state index in [4.69, 9.17) is 9.15 Å². The lowest BCUT2D eigenvalue weighted by Gasteiger charge is -2.29. The van der Waals surface area contributed by atoms with Crippen molar-refractivity contribution in [3.8, 4) is 0 Å². The van der Waals surface area contributed by atoms with E-state index in [-0.39, 0.29) is 0 Å². The highest BCUT2D eigenvalue weighted by molar-refractivity contribution is 5.81. The minimum atomic E-state index is -0.585. The van der Waals surface area contributed by atoms with Crippen LogP contribution in [-0.2, 0) is 15.1 Å². The molecule has 0 saturated carbocycles. The molecule has 0 aromatic carbocycles. The molecule has 0 aliphatic rings. The fourth-order valence-corrected chi connectivity index (χ4v) is 1.62. The number of ether oxygens (including phenoxy) is 1. The third-order valence-corrected chi connectivity index (χ3v) is 2.65. The summed E-state index contributed by atoms with van der Waals surface area (Å²) in [5.41, 5.74) is 0.306. The van der Waals surface area contributed by atoms with Gasteiger partial charge in [0.1, 0.15) is 5.60 Å². The molecule has 3 heteroatoms. The van der Waals surface area contributed by atoms with Crippen molar-refractivity contribution in [3.63, 3.8) is 0 Å². The van der Waals surface area contributed by atoms with Crippen LogP contribution in [0.4, 0.5) is 0 Å². The van der Waals surface area contributed by atoms with Gasteiger partial charge in [-0.15, -0.1) is 0 Å². The zero-order chi connectivity index (χ0) is 11.3. The van der Waals surface area contributed by atoms with Crippen molar-refractivity contribution >= 4 is 5.97 Å². The van der Waals surface area contributed by atoms with Crippen LogP contribution < -0.4 is 0 Å². The van der Waals surface area contributed by atoms with Gasteiger partial charge in [0.25, 0.3) is 0 Å². The molecule has 1 rings (SSSR count). The van der Waals surface area contributed by atoms with Crippen LogP contribution in [0.2, 0.25) is 0 Å². The number of hydrogen-bond acceptors (Lipinski definition) is 3. The molecule has 0 bridgehead atoms. The number of furan rings is 1. The highest BCUT2D eigenvalue weighted by Gasteiger charge is 2.33. The maximum absolute atomic E-state index is 11.3. The van der Waals surface area contributed by atoms with E-state index in [1.165, 1.54) is 6.08 Å². The van der Waals surface area contributed by atoms with E-state index in [1.54, 1.807) is 12.5 Å². The first-order chi connectivity index (χ1) is 7.18. The summed E-state index contributed by atoms with van der Waals surface area (Å²) >= 11 is 0. The Labute approximate surface area is 89.7 Å². The van der Waals surface area contributed by atoms with Crippen LogP contribution in [0, 0.1) is 0 Å². The van der Waals surface area contributed by atoms with Crippen LogP contribution in [0.1, 0.15) is 32.3 Å². The normalized spacial score (nSPS) is 11.1. The molecule has 15 heavy (non-hydrogen) atoms. The van der Waals surface area contributed by atoms with Gasteiger partial charge in [0.15, 0.2) is 0 Å². The number of carbonyl (C=O) groups excluding carboxylic acids is 1. The quantitative estimate of drug-likeness (QED) is 0.551. The average Bonchev–Trinajstić information content (AvgIpc) is 2.79. The van der Waals surface area contributed by atoms with Crippen LogP contribution in [0.15, 0.2) is 35.7 Å². The number of carbonyl (C=O) groups is 1. The number of hydrogen-bond donors (Lipinski definition) is 0. The van der Waals surface area contributed by atoms with E-state index in [1.807, 2.05) is 19.9 Å². The first-order valence-corrected chi connectivity index (χ1v) is 5.06. The molecule has 0 saturated heterocycles. The molecule has 0 fully saturated rings. The zero-order valence-electron chi connectivity index (χ0n) is 9.16. The predicted octanol–water partition coefficient (Wildman–Crippen LogP) is 3.02. The van der Waals surface area contributed by atoms with Crippen LogP contribution in [0.5, 0.6) is 0 Å². The Morgan fingerprint density at radius 2 is 2.27 bits per heavy atom. The summed E-state index contributed by atoms with van der Waals surface area (Å²) in [7, 11) is 0. The molecular weight excluding hydrogens is 192 g/mol. The average molecular weight is 208 g/mol. The van der Waals surface area contributed by atoms with E-state index < -0.39 is 11.6 Å². The van der Waals surface area contributed by atoms with E-state index >= 15 is 0 Å². The van der Waals surface area contributed by atoms with E-state index in [2.05, 4.69) is 6.58 Å².